The SMILES string of the molecule is CCCOC(=O)CCOCC(O)CO. The molecule has 0 aromatic rings. The Kier molecular flexibility index (Phi) is 8.51. The van der Waals surface area contributed by atoms with E-state index in [1.54, 1.807) is 0 Å². The summed E-state index contributed by atoms with van der Waals surface area (Å²) in [6, 6.07) is 0. The highest BCUT2D eigenvalue weighted by atomic mass is 16.5. The second kappa shape index (κ2) is 8.93. The van der Waals surface area contributed by atoms with Crippen molar-refractivity contribution in [3.63, 3.8) is 0 Å². The zero-order valence-electron chi connectivity index (χ0n) is 8.44. The fourth-order valence-electron chi connectivity index (χ4n) is 0.716. The predicted molar refractivity (Wildman–Crippen MR) is 49.8 cm³/mol. The van der Waals surface area contributed by atoms with Gasteiger partial charge in [-0.3, -0.25) is 4.79 Å². The molecule has 0 rings (SSSR count). The fraction of sp³-hybridized carbons (Fsp3) is 0.889. The molecule has 0 spiro atoms. The summed E-state index contributed by atoms with van der Waals surface area (Å²) >= 11 is 0. The van der Waals surface area contributed by atoms with E-state index in [1.807, 2.05) is 6.92 Å². The number of ether oxygens (including phenoxy) is 2. The summed E-state index contributed by atoms with van der Waals surface area (Å²) < 4.78 is 9.72. The van der Waals surface area contributed by atoms with Gasteiger partial charge in [0.2, 0.25) is 0 Å². The molecule has 84 valence electrons. The molecule has 0 aromatic heterocycles. The Morgan fingerprint density at radius 2 is 2.14 bits per heavy atom. The van der Waals surface area contributed by atoms with Crippen LogP contribution in [0.1, 0.15) is 19.8 Å². The van der Waals surface area contributed by atoms with E-state index in [2.05, 4.69) is 0 Å². The van der Waals surface area contributed by atoms with Crippen LogP contribution in [0.3, 0.4) is 0 Å². The standard InChI is InChI=1S/C9H18O5/c1-2-4-14-9(12)3-5-13-7-8(11)6-10/h8,10-11H,2-7H2,1H3. The number of esters is 1. The van der Waals surface area contributed by atoms with Gasteiger partial charge in [-0.05, 0) is 6.42 Å². The molecule has 0 aliphatic heterocycles. The van der Waals surface area contributed by atoms with Crippen molar-refractivity contribution >= 4 is 5.97 Å². The molecule has 0 bridgehead atoms. The first-order valence-corrected chi connectivity index (χ1v) is 4.73. The molecule has 2 N–H and O–H groups in total. The summed E-state index contributed by atoms with van der Waals surface area (Å²) in [5.74, 6) is -0.301. The normalized spacial score (nSPS) is 12.5. The molecule has 5 heteroatoms. The Morgan fingerprint density at radius 3 is 2.71 bits per heavy atom. The summed E-state index contributed by atoms with van der Waals surface area (Å²) in [6.07, 6.45) is 0.107. The molecule has 1 atom stereocenters. The van der Waals surface area contributed by atoms with E-state index in [4.69, 9.17) is 19.7 Å². The third-order valence-electron chi connectivity index (χ3n) is 1.44. The second-order valence-corrected chi connectivity index (χ2v) is 2.88. The minimum Gasteiger partial charge on any atom is -0.466 e. The smallest absolute Gasteiger partial charge is 0.308 e. The Hall–Kier alpha value is -0.650. The lowest BCUT2D eigenvalue weighted by atomic mass is 10.4. The lowest BCUT2D eigenvalue weighted by Crippen LogP contribution is -2.20. The maximum atomic E-state index is 10.9. The van der Waals surface area contributed by atoms with Gasteiger partial charge in [-0.25, -0.2) is 0 Å². The van der Waals surface area contributed by atoms with Crippen LogP contribution in [0.5, 0.6) is 0 Å². The fourth-order valence-corrected chi connectivity index (χ4v) is 0.716. The van der Waals surface area contributed by atoms with E-state index < -0.39 is 6.10 Å². The maximum absolute atomic E-state index is 10.9. The predicted octanol–water partition coefficient (Wildman–Crippen LogP) is -0.300. The third-order valence-corrected chi connectivity index (χ3v) is 1.44. The van der Waals surface area contributed by atoms with Crippen molar-refractivity contribution in [3.05, 3.63) is 0 Å². The molecular weight excluding hydrogens is 188 g/mol. The first-order valence-electron chi connectivity index (χ1n) is 4.73. The number of aliphatic hydroxyl groups is 2. The first-order chi connectivity index (χ1) is 6.70. The van der Waals surface area contributed by atoms with Crippen LogP contribution in [-0.4, -0.2) is 48.7 Å². The number of rotatable bonds is 8. The molecule has 0 radical (unpaired) electrons. The zero-order valence-corrected chi connectivity index (χ0v) is 8.44. The van der Waals surface area contributed by atoms with Crippen LogP contribution >= 0.6 is 0 Å². The van der Waals surface area contributed by atoms with Crippen LogP contribution in [0.15, 0.2) is 0 Å². The summed E-state index contributed by atoms with van der Waals surface area (Å²) in [5, 5.41) is 17.3. The van der Waals surface area contributed by atoms with Gasteiger partial charge in [0, 0.05) is 0 Å². The van der Waals surface area contributed by atoms with E-state index in [0.29, 0.717) is 6.61 Å². The van der Waals surface area contributed by atoms with Gasteiger partial charge in [-0.1, -0.05) is 6.92 Å². The quantitative estimate of drug-likeness (QED) is 0.421. The molecular formula is C9H18O5. The van der Waals surface area contributed by atoms with Gasteiger partial charge in [0.15, 0.2) is 0 Å². The lowest BCUT2D eigenvalue weighted by Gasteiger charge is -2.07. The lowest BCUT2D eigenvalue weighted by molar-refractivity contribution is -0.145. The molecule has 1 unspecified atom stereocenters. The van der Waals surface area contributed by atoms with Gasteiger partial charge in [-0.2, -0.15) is 0 Å². The van der Waals surface area contributed by atoms with Crippen LogP contribution in [0.4, 0.5) is 0 Å². The van der Waals surface area contributed by atoms with Crippen molar-refractivity contribution in [2.24, 2.45) is 0 Å². The van der Waals surface area contributed by atoms with E-state index >= 15 is 0 Å². The Balaban J connectivity index is 3.22. The number of hydrogen-bond acceptors (Lipinski definition) is 5. The zero-order chi connectivity index (χ0) is 10.8. The Morgan fingerprint density at radius 1 is 1.43 bits per heavy atom. The highest BCUT2D eigenvalue weighted by molar-refractivity contribution is 5.69. The van der Waals surface area contributed by atoms with Crippen molar-refractivity contribution in [1.29, 1.82) is 0 Å². The number of carbonyl (C=O) groups excluding carboxylic acids is 1. The molecule has 0 heterocycles. The van der Waals surface area contributed by atoms with E-state index in [1.165, 1.54) is 0 Å². The van der Waals surface area contributed by atoms with Crippen LogP contribution in [0, 0.1) is 0 Å². The molecule has 0 saturated carbocycles. The van der Waals surface area contributed by atoms with Gasteiger partial charge >= 0.3 is 5.97 Å². The monoisotopic (exact) mass is 206 g/mol. The van der Waals surface area contributed by atoms with Gasteiger partial charge < -0.3 is 19.7 Å². The molecule has 5 nitrogen and oxygen atoms in total. The highest BCUT2D eigenvalue weighted by Gasteiger charge is 2.04. The van der Waals surface area contributed by atoms with Crippen LogP contribution in [0.2, 0.25) is 0 Å². The van der Waals surface area contributed by atoms with Crippen LogP contribution in [0.25, 0.3) is 0 Å². The molecule has 0 fully saturated rings. The molecule has 0 saturated heterocycles. The van der Waals surface area contributed by atoms with Gasteiger partial charge in [0.25, 0.3) is 0 Å². The van der Waals surface area contributed by atoms with Gasteiger partial charge in [0.05, 0.1) is 32.8 Å². The molecule has 0 aromatic carbocycles. The summed E-state index contributed by atoms with van der Waals surface area (Å²) in [6.45, 7) is 2.26. The largest absolute Gasteiger partial charge is 0.466 e. The van der Waals surface area contributed by atoms with Crippen molar-refractivity contribution < 1.29 is 24.5 Å². The minimum absolute atomic E-state index is 0.0392. The number of carbonyl (C=O) groups is 1. The summed E-state index contributed by atoms with van der Waals surface area (Å²) in [5.41, 5.74) is 0. The second-order valence-electron chi connectivity index (χ2n) is 2.88. The maximum Gasteiger partial charge on any atom is 0.308 e. The van der Waals surface area contributed by atoms with Crippen LogP contribution in [-0.2, 0) is 14.3 Å². The molecule has 0 aliphatic rings. The van der Waals surface area contributed by atoms with Crippen molar-refractivity contribution in [2.75, 3.05) is 26.4 Å². The Labute approximate surface area is 83.6 Å². The molecule has 14 heavy (non-hydrogen) atoms. The third kappa shape index (κ3) is 7.97. The number of aliphatic hydroxyl groups excluding tert-OH is 2. The average molecular weight is 206 g/mol. The van der Waals surface area contributed by atoms with E-state index in [-0.39, 0.29) is 32.2 Å². The first kappa shape index (κ1) is 13.4. The van der Waals surface area contributed by atoms with Crippen molar-refractivity contribution in [1.82, 2.24) is 0 Å². The van der Waals surface area contributed by atoms with Crippen molar-refractivity contribution in [3.8, 4) is 0 Å². The van der Waals surface area contributed by atoms with Crippen molar-refractivity contribution in [2.45, 2.75) is 25.9 Å². The van der Waals surface area contributed by atoms with Gasteiger partial charge in [0.1, 0.15) is 6.10 Å². The Bertz CT molecular complexity index is 148. The average Bonchev–Trinajstić information content (AvgIpc) is 2.21. The topological polar surface area (TPSA) is 76.0 Å². The van der Waals surface area contributed by atoms with E-state index in [0.717, 1.165) is 6.42 Å². The molecule has 0 amide bonds. The summed E-state index contributed by atoms with van der Waals surface area (Å²) in [4.78, 5) is 10.9. The number of hydrogen-bond donors (Lipinski definition) is 2. The van der Waals surface area contributed by atoms with Gasteiger partial charge in [-0.15, -0.1) is 0 Å². The highest BCUT2D eigenvalue weighted by Crippen LogP contribution is 1.91. The summed E-state index contributed by atoms with van der Waals surface area (Å²) in [7, 11) is 0. The minimum atomic E-state index is -0.873. The van der Waals surface area contributed by atoms with E-state index in [9.17, 15) is 4.79 Å². The molecule has 0 aliphatic carbocycles. The van der Waals surface area contributed by atoms with Crippen LogP contribution < -0.4 is 0 Å².